The number of piperidine rings is 1. The van der Waals surface area contributed by atoms with Gasteiger partial charge in [0.2, 0.25) is 0 Å². The van der Waals surface area contributed by atoms with Gasteiger partial charge in [0.25, 0.3) is 0 Å². The summed E-state index contributed by atoms with van der Waals surface area (Å²) < 4.78 is 2.14. The fourth-order valence-electron chi connectivity index (χ4n) is 4.47. The van der Waals surface area contributed by atoms with Crippen LogP contribution in [0.15, 0.2) is 36.8 Å². The predicted octanol–water partition coefficient (Wildman–Crippen LogP) is 2.69. The molecular weight excluding hydrogens is 310 g/mol. The Labute approximate surface area is 150 Å². The summed E-state index contributed by atoms with van der Waals surface area (Å²) in [5, 5.41) is 0. The summed E-state index contributed by atoms with van der Waals surface area (Å²) in [4.78, 5) is 14.0. The zero-order chi connectivity index (χ0) is 17.3. The van der Waals surface area contributed by atoms with E-state index in [-0.39, 0.29) is 0 Å². The third kappa shape index (κ3) is 3.62. The van der Waals surface area contributed by atoms with Gasteiger partial charge >= 0.3 is 0 Å². The number of likely N-dealkylation sites (tertiary alicyclic amines) is 1. The summed E-state index contributed by atoms with van der Waals surface area (Å²) in [6, 6.07) is 6.92. The van der Waals surface area contributed by atoms with Crippen molar-refractivity contribution < 1.29 is 0 Å². The Morgan fingerprint density at radius 2 is 1.96 bits per heavy atom. The monoisotopic (exact) mass is 339 g/mol. The first kappa shape index (κ1) is 16.7. The maximum absolute atomic E-state index is 4.46. The van der Waals surface area contributed by atoms with Crippen molar-refractivity contribution in [1.29, 1.82) is 0 Å². The van der Waals surface area contributed by atoms with Gasteiger partial charge in [0.15, 0.2) is 0 Å². The zero-order valence-corrected chi connectivity index (χ0v) is 15.4. The van der Waals surface area contributed by atoms with E-state index in [0.29, 0.717) is 5.41 Å². The number of aryl methyl sites for hydroxylation is 1. The Kier molecular flexibility index (Phi) is 4.61. The highest BCUT2D eigenvalue weighted by molar-refractivity contribution is 5.06. The maximum Gasteiger partial charge on any atom is 0.122 e. The third-order valence-corrected chi connectivity index (χ3v) is 6.30. The van der Waals surface area contributed by atoms with E-state index < -0.39 is 0 Å². The Balaban J connectivity index is 1.24. The number of rotatable bonds is 5. The van der Waals surface area contributed by atoms with Gasteiger partial charge in [0.1, 0.15) is 5.82 Å². The smallest absolute Gasteiger partial charge is 0.122 e. The molecule has 134 valence electrons. The van der Waals surface area contributed by atoms with E-state index >= 15 is 0 Å². The molecule has 5 nitrogen and oxygen atoms in total. The Morgan fingerprint density at radius 3 is 2.60 bits per heavy atom. The average Bonchev–Trinajstić information content (AvgIpc) is 2.99. The highest BCUT2D eigenvalue weighted by atomic mass is 15.2. The van der Waals surface area contributed by atoms with E-state index in [0.717, 1.165) is 19.1 Å². The minimum absolute atomic E-state index is 0.598. The van der Waals surface area contributed by atoms with Crippen LogP contribution in [0.1, 0.15) is 37.2 Å². The third-order valence-electron chi connectivity index (χ3n) is 6.30. The molecule has 1 saturated carbocycles. The van der Waals surface area contributed by atoms with Gasteiger partial charge in [-0.05, 0) is 63.4 Å². The number of hydrogen-bond donors (Lipinski definition) is 0. The number of hydrogen-bond acceptors (Lipinski definition) is 4. The minimum Gasteiger partial charge on any atom is -0.337 e. The summed E-state index contributed by atoms with van der Waals surface area (Å²) in [7, 11) is 4.34. The number of nitrogens with zero attached hydrogens (tertiary/aromatic N) is 5. The van der Waals surface area contributed by atoms with Crippen LogP contribution in [0.3, 0.4) is 0 Å². The van der Waals surface area contributed by atoms with Crippen molar-refractivity contribution in [2.45, 2.75) is 44.8 Å². The molecule has 2 aromatic rings. The zero-order valence-electron chi connectivity index (χ0n) is 15.4. The Morgan fingerprint density at radius 1 is 1.16 bits per heavy atom. The second-order valence-corrected chi connectivity index (χ2v) is 8.03. The molecule has 0 amide bonds. The summed E-state index contributed by atoms with van der Waals surface area (Å²) in [5.41, 5.74) is 1.78. The van der Waals surface area contributed by atoms with Crippen LogP contribution in [0, 0.1) is 5.41 Å². The van der Waals surface area contributed by atoms with Crippen molar-refractivity contribution in [3.8, 4) is 0 Å². The number of pyridine rings is 1. The van der Waals surface area contributed by atoms with Crippen molar-refractivity contribution in [1.82, 2.24) is 24.3 Å². The lowest BCUT2D eigenvalue weighted by Gasteiger charge is -2.54. The maximum atomic E-state index is 4.46. The van der Waals surface area contributed by atoms with Crippen LogP contribution in [0.5, 0.6) is 0 Å². The molecule has 3 heterocycles. The first-order valence-corrected chi connectivity index (χ1v) is 9.42. The quantitative estimate of drug-likeness (QED) is 0.839. The van der Waals surface area contributed by atoms with E-state index in [2.05, 4.69) is 50.6 Å². The molecule has 0 N–H and O–H groups in total. The molecule has 4 rings (SSSR count). The normalized spacial score (nSPS) is 20.9. The van der Waals surface area contributed by atoms with Gasteiger partial charge in [0.05, 0.1) is 12.2 Å². The molecule has 0 unspecified atom stereocenters. The van der Waals surface area contributed by atoms with E-state index in [4.69, 9.17) is 0 Å². The van der Waals surface area contributed by atoms with Crippen LogP contribution < -0.4 is 0 Å². The van der Waals surface area contributed by atoms with Crippen molar-refractivity contribution in [2.24, 2.45) is 12.5 Å². The van der Waals surface area contributed by atoms with E-state index in [9.17, 15) is 0 Å². The van der Waals surface area contributed by atoms with Gasteiger partial charge in [-0.3, -0.25) is 14.8 Å². The van der Waals surface area contributed by atoms with Gasteiger partial charge in [-0.1, -0.05) is 6.07 Å². The van der Waals surface area contributed by atoms with Gasteiger partial charge in [-0.2, -0.15) is 0 Å². The average molecular weight is 339 g/mol. The second kappa shape index (κ2) is 6.89. The van der Waals surface area contributed by atoms with Gasteiger partial charge in [0, 0.05) is 38.2 Å². The van der Waals surface area contributed by atoms with E-state index in [1.54, 1.807) is 0 Å². The molecule has 2 aromatic heterocycles. The Bertz CT molecular complexity index is 679. The minimum atomic E-state index is 0.598. The van der Waals surface area contributed by atoms with Gasteiger partial charge < -0.3 is 4.57 Å². The fraction of sp³-hybridized carbons (Fsp3) is 0.600. The second-order valence-electron chi connectivity index (χ2n) is 8.03. The lowest BCUT2D eigenvalue weighted by atomic mass is 9.60. The van der Waals surface area contributed by atoms with E-state index in [1.165, 1.54) is 50.3 Å². The van der Waals surface area contributed by atoms with Crippen molar-refractivity contribution >= 4 is 0 Å². The van der Waals surface area contributed by atoms with Crippen LogP contribution in [0.4, 0.5) is 0 Å². The first-order valence-electron chi connectivity index (χ1n) is 9.42. The van der Waals surface area contributed by atoms with Crippen LogP contribution in [0.25, 0.3) is 0 Å². The van der Waals surface area contributed by atoms with E-state index in [1.807, 2.05) is 24.7 Å². The van der Waals surface area contributed by atoms with Crippen LogP contribution in [-0.2, 0) is 20.1 Å². The summed E-state index contributed by atoms with van der Waals surface area (Å²) in [6.45, 7) is 4.38. The topological polar surface area (TPSA) is 37.2 Å². The molecule has 25 heavy (non-hydrogen) atoms. The molecule has 1 aliphatic heterocycles. The van der Waals surface area contributed by atoms with Crippen molar-refractivity contribution in [3.63, 3.8) is 0 Å². The standard InChI is InChI=1S/C20H29N5/c1-23-12-9-22-19(23)16-25-10-6-20(7-11-25)13-18(14-20)24(2)15-17-5-3-4-8-21-17/h3-5,8-9,12,18H,6-7,10-11,13-16H2,1-2H3. The number of aromatic nitrogens is 3. The summed E-state index contributed by atoms with van der Waals surface area (Å²) in [5.74, 6) is 1.18. The fourth-order valence-corrected chi connectivity index (χ4v) is 4.47. The molecule has 0 aromatic carbocycles. The molecule has 1 saturated heterocycles. The van der Waals surface area contributed by atoms with Crippen LogP contribution in [0.2, 0.25) is 0 Å². The largest absolute Gasteiger partial charge is 0.337 e. The van der Waals surface area contributed by atoms with Gasteiger partial charge in [-0.15, -0.1) is 0 Å². The highest BCUT2D eigenvalue weighted by Gasteiger charge is 2.47. The predicted molar refractivity (Wildman–Crippen MR) is 98.9 cm³/mol. The molecule has 2 aliphatic rings. The molecule has 0 atom stereocenters. The SMILES string of the molecule is CN(Cc1ccccn1)C1CC2(CCN(Cc3nccn3C)CC2)C1. The van der Waals surface area contributed by atoms with Crippen LogP contribution >= 0.6 is 0 Å². The molecule has 5 heteroatoms. The molecule has 0 bridgehead atoms. The van der Waals surface area contributed by atoms with Crippen molar-refractivity contribution in [2.75, 3.05) is 20.1 Å². The summed E-state index contributed by atoms with van der Waals surface area (Å²) >= 11 is 0. The van der Waals surface area contributed by atoms with Crippen molar-refractivity contribution in [3.05, 3.63) is 48.3 Å². The first-order chi connectivity index (χ1) is 12.1. The van der Waals surface area contributed by atoms with Gasteiger partial charge in [-0.25, -0.2) is 4.98 Å². The lowest BCUT2D eigenvalue weighted by Crippen LogP contribution is -2.53. The molecule has 1 aliphatic carbocycles. The summed E-state index contributed by atoms with van der Waals surface area (Å²) in [6.07, 6.45) is 11.2. The Hall–Kier alpha value is -1.72. The molecular formula is C20H29N5. The lowest BCUT2D eigenvalue weighted by molar-refractivity contribution is -0.0393. The molecule has 0 radical (unpaired) electrons. The molecule has 1 spiro atoms. The van der Waals surface area contributed by atoms with Crippen LogP contribution in [-0.4, -0.2) is 50.5 Å². The number of imidazole rings is 1. The highest BCUT2D eigenvalue weighted by Crippen LogP contribution is 2.50. The molecule has 2 fully saturated rings.